The van der Waals surface area contributed by atoms with Crippen molar-refractivity contribution in [2.24, 2.45) is 0 Å². The Hall–Kier alpha value is -3.68. The van der Waals surface area contributed by atoms with Gasteiger partial charge in [0, 0.05) is 18.3 Å². The third kappa shape index (κ3) is 6.01. The third-order valence-corrected chi connectivity index (χ3v) is 5.69. The predicted octanol–water partition coefficient (Wildman–Crippen LogP) is 4.76. The van der Waals surface area contributed by atoms with Gasteiger partial charge in [0.15, 0.2) is 17.3 Å². The fourth-order valence-corrected chi connectivity index (χ4v) is 3.98. The molecule has 0 aliphatic rings. The van der Waals surface area contributed by atoms with Gasteiger partial charge in [-0.1, -0.05) is 0 Å². The summed E-state index contributed by atoms with van der Waals surface area (Å²) in [6.07, 6.45) is 1.51. The van der Waals surface area contributed by atoms with Gasteiger partial charge in [-0.3, -0.25) is 14.6 Å². The molecule has 0 fully saturated rings. The van der Waals surface area contributed by atoms with Gasteiger partial charge in [0.05, 0.1) is 32.0 Å². The minimum absolute atomic E-state index is 0.166. The van der Waals surface area contributed by atoms with Crippen LogP contribution in [0.15, 0.2) is 54.7 Å². The highest BCUT2D eigenvalue weighted by Crippen LogP contribution is 2.46. The number of aliphatic hydroxyl groups excluding tert-OH is 1. The lowest BCUT2D eigenvalue weighted by Crippen LogP contribution is -2.08. The predicted molar refractivity (Wildman–Crippen MR) is 125 cm³/mol. The van der Waals surface area contributed by atoms with Crippen molar-refractivity contribution in [3.05, 3.63) is 71.5 Å². The van der Waals surface area contributed by atoms with Crippen LogP contribution in [-0.4, -0.2) is 35.9 Å². The lowest BCUT2D eigenvalue weighted by Gasteiger charge is -2.21. The maximum absolute atomic E-state index is 12.2. The van der Waals surface area contributed by atoms with Crippen LogP contribution in [0.4, 0.5) is 0 Å². The first-order valence-corrected chi connectivity index (χ1v) is 11.2. The van der Waals surface area contributed by atoms with Gasteiger partial charge in [-0.15, -0.1) is 0 Å². The second kappa shape index (κ2) is 11.4. The van der Waals surface area contributed by atoms with E-state index in [-0.39, 0.29) is 52.2 Å². The molecule has 1 N–H and O–H groups in total. The number of nitrogens with zero attached hydrogens (tertiary/aromatic N) is 1. The first kappa shape index (κ1) is 25.0. The minimum Gasteiger partial charge on any atom is -0.497 e. The van der Waals surface area contributed by atoms with E-state index in [9.17, 15) is 14.7 Å². The van der Waals surface area contributed by atoms with E-state index in [0.29, 0.717) is 11.5 Å². The van der Waals surface area contributed by atoms with Gasteiger partial charge < -0.3 is 28.2 Å². The Morgan fingerprint density at radius 1 is 0.824 bits per heavy atom. The zero-order valence-corrected chi connectivity index (χ0v) is 20.0. The molecule has 2 aromatic carbocycles. The van der Waals surface area contributed by atoms with Crippen LogP contribution in [0.3, 0.4) is 0 Å². The Kier molecular flexibility index (Phi) is 8.40. The fourth-order valence-electron chi connectivity index (χ4n) is 2.91. The molecule has 0 spiro atoms. The van der Waals surface area contributed by atoms with Gasteiger partial charge in [0.25, 0.3) is 0 Å². The topological polar surface area (TPSA) is 113 Å². The SMILES string of the molecule is COc1ccc(C(C)=O)c(OP(Oc2cc(OC)ccc2C(C)=O)Oc2cccnc2CO)c1. The summed E-state index contributed by atoms with van der Waals surface area (Å²) in [6, 6.07) is 12.7. The second-order valence-corrected chi connectivity index (χ2v) is 7.94. The second-order valence-electron chi connectivity index (χ2n) is 6.94. The average molecular weight is 485 g/mol. The first-order valence-electron chi connectivity index (χ1n) is 10.1. The summed E-state index contributed by atoms with van der Waals surface area (Å²) in [6.45, 7) is 2.42. The standard InChI is InChI=1S/C24H24NO8P/c1-15(27)19-9-7-17(29-3)12-23(19)32-34(31-22-6-5-11-25-21(22)14-26)33-24-13-18(30-4)8-10-20(24)16(2)28/h5-13,26H,14H2,1-4H3. The molecular formula is C24H24NO8P. The van der Waals surface area contributed by atoms with Crippen LogP contribution in [0.2, 0.25) is 0 Å². The van der Waals surface area contributed by atoms with E-state index in [2.05, 4.69) is 4.98 Å². The van der Waals surface area contributed by atoms with Crippen LogP contribution in [0.25, 0.3) is 0 Å². The molecule has 3 rings (SSSR count). The molecule has 0 aliphatic carbocycles. The van der Waals surface area contributed by atoms with E-state index in [1.54, 1.807) is 36.4 Å². The lowest BCUT2D eigenvalue weighted by molar-refractivity contribution is 0.100. The summed E-state index contributed by atoms with van der Waals surface area (Å²) < 4.78 is 28.5. The number of pyridine rings is 1. The highest BCUT2D eigenvalue weighted by molar-refractivity contribution is 7.43. The van der Waals surface area contributed by atoms with E-state index < -0.39 is 8.60 Å². The molecule has 0 saturated carbocycles. The van der Waals surface area contributed by atoms with Crippen molar-refractivity contribution >= 4 is 20.2 Å². The van der Waals surface area contributed by atoms with Crippen molar-refractivity contribution in [1.29, 1.82) is 0 Å². The Morgan fingerprint density at radius 3 is 1.76 bits per heavy atom. The van der Waals surface area contributed by atoms with Crippen LogP contribution in [0.5, 0.6) is 28.7 Å². The number of ether oxygens (including phenoxy) is 2. The summed E-state index contributed by atoms with van der Waals surface area (Å²) in [5, 5.41) is 9.64. The highest BCUT2D eigenvalue weighted by atomic mass is 31.2. The van der Waals surface area contributed by atoms with Gasteiger partial charge in [-0.05, 0) is 50.2 Å². The largest absolute Gasteiger partial charge is 0.530 e. The number of methoxy groups -OCH3 is 2. The normalized spacial score (nSPS) is 10.5. The van der Waals surface area contributed by atoms with Gasteiger partial charge in [-0.2, -0.15) is 0 Å². The summed E-state index contributed by atoms with van der Waals surface area (Å²) in [5.74, 6) is 0.984. The average Bonchev–Trinajstić information content (AvgIpc) is 2.83. The van der Waals surface area contributed by atoms with Crippen molar-refractivity contribution in [2.45, 2.75) is 20.5 Å². The van der Waals surface area contributed by atoms with E-state index in [0.717, 1.165) is 0 Å². The maximum Gasteiger partial charge on any atom is 0.530 e. The molecule has 0 radical (unpaired) electrons. The van der Waals surface area contributed by atoms with Crippen LogP contribution in [-0.2, 0) is 6.61 Å². The first-order chi connectivity index (χ1) is 16.4. The number of ketones is 2. The number of hydrogen-bond acceptors (Lipinski definition) is 9. The van der Waals surface area contributed by atoms with Gasteiger partial charge in [-0.25, -0.2) is 0 Å². The van der Waals surface area contributed by atoms with Gasteiger partial charge in [0.1, 0.15) is 28.7 Å². The minimum atomic E-state index is -2.29. The van der Waals surface area contributed by atoms with E-state index >= 15 is 0 Å². The number of carbonyl (C=O) groups is 2. The molecule has 34 heavy (non-hydrogen) atoms. The molecule has 0 unspecified atom stereocenters. The zero-order valence-electron chi connectivity index (χ0n) is 19.1. The number of hydrogen-bond donors (Lipinski definition) is 1. The zero-order chi connectivity index (χ0) is 24.7. The molecule has 9 nitrogen and oxygen atoms in total. The Morgan fingerprint density at radius 2 is 1.32 bits per heavy atom. The van der Waals surface area contributed by atoms with Crippen LogP contribution >= 0.6 is 8.60 Å². The number of benzene rings is 2. The van der Waals surface area contributed by atoms with Gasteiger partial charge in [0.2, 0.25) is 0 Å². The highest BCUT2D eigenvalue weighted by Gasteiger charge is 2.26. The van der Waals surface area contributed by atoms with Crippen LogP contribution in [0, 0.1) is 0 Å². The number of aromatic nitrogens is 1. The Labute approximate surface area is 198 Å². The van der Waals surface area contributed by atoms with Crippen LogP contribution < -0.4 is 23.0 Å². The molecule has 0 amide bonds. The molecular weight excluding hydrogens is 461 g/mol. The Bertz CT molecular complexity index is 1120. The monoisotopic (exact) mass is 485 g/mol. The smallest absolute Gasteiger partial charge is 0.497 e. The van der Waals surface area contributed by atoms with Crippen molar-refractivity contribution in [1.82, 2.24) is 4.98 Å². The Balaban J connectivity index is 2.06. The molecule has 0 saturated heterocycles. The number of rotatable bonds is 11. The third-order valence-electron chi connectivity index (χ3n) is 4.65. The summed E-state index contributed by atoms with van der Waals surface area (Å²) in [4.78, 5) is 28.5. The quantitative estimate of drug-likeness (QED) is 0.303. The molecule has 1 heterocycles. The van der Waals surface area contributed by atoms with Crippen molar-refractivity contribution in [3.63, 3.8) is 0 Å². The molecule has 0 bridgehead atoms. The fraction of sp³-hybridized carbons (Fsp3) is 0.208. The molecule has 0 atom stereocenters. The van der Waals surface area contributed by atoms with Crippen molar-refractivity contribution in [3.8, 4) is 28.7 Å². The molecule has 10 heteroatoms. The summed E-state index contributed by atoms with van der Waals surface area (Å²) in [7, 11) is 0.679. The van der Waals surface area contributed by atoms with E-state index in [4.69, 9.17) is 23.0 Å². The van der Waals surface area contributed by atoms with Gasteiger partial charge >= 0.3 is 8.60 Å². The molecule has 1 aromatic heterocycles. The van der Waals surface area contributed by atoms with Crippen LogP contribution in [0.1, 0.15) is 40.3 Å². The molecule has 3 aromatic rings. The lowest BCUT2D eigenvalue weighted by atomic mass is 10.1. The number of carbonyl (C=O) groups excluding carboxylic acids is 2. The van der Waals surface area contributed by atoms with E-state index in [1.165, 1.54) is 46.4 Å². The van der Waals surface area contributed by atoms with E-state index in [1.807, 2.05) is 0 Å². The number of aliphatic hydroxyl groups is 1. The molecule has 0 aliphatic heterocycles. The number of Topliss-reactive ketones (excluding diaryl/α,β-unsaturated/α-hetero) is 2. The summed E-state index contributed by atoms with van der Waals surface area (Å²) in [5.41, 5.74) is 0.829. The molecule has 178 valence electrons. The van der Waals surface area contributed by atoms with Crippen molar-refractivity contribution < 1.29 is 37.7 Å². The maximum atomic E-state index is 12.2. The summed E-state index contributed by atoms with van der Waals surface area (Å²) >= 11 is 0. The van der Waals surface area contributed by atoms with Crippen molar-refractivity contribution in [2.75, 3.05) is 14.2 Å².